The fraction of sp³-hybridized carbons (Fsp3) is 0.571. The van der Waals surface area contributed by atoms with Crippen molar-refractivity contribution in [3.05, 3.63) is 29.3 Å². The van der Waals surface area contributed by atoms with Gasteiger partial charge in [0, 0.05) is 11.7 Å². The first-order valence-electron chi connectivity index (χ1n) is 6.30. The van der Waals surface area contributed by atoms with Gasteiger partial charge in [0.1, 0.15) is 0 Å². The van der Waals surface area contributed by atoms with Crippen molar-refractivity contribution in [1.82, 2.24) is 0 Å². The largest absolute Gasteiger partial charge is 0.383 e. The Hall–Kier alpha value is -1.02. The van der Waals surface area contributed by atoms with E-state index in [0.717, 1.165) is 13.0 Å². The molecule has 0 radical (unpaired) electrons. The van der Waals surface area contributed by atoms with Crippen molar-refractivity contribution >= 4 is 5.69 Å². The molecule has 1 atom stereocenters. The lowest BCUT2D eigenvalue weighted by molar-refractivity contribution is 0.627. The Kier molecular flexibility index (Phi) is 3.49. The number of benzene rings is 1. The molecule has 0 bridgehead atoms. The summed E-state index contributed by atoms with van der Waals surface area (Å²) in [5, 5.41) is 3.46. The molecule has 0 amide bonds. The van der Waals surface area contributed by atoms with E-state index in [1.165, 1.54) is 29.7 Å². The Bertz CT molecular complexity index is 358. The zero-order valence-electron chi connectivity index (χ0n) is 10.3. The van der Waals surface area contributed by atoms with Crippen LogP contribution in [0.1, 0.15) is 43.7 Å². The maximum atomic E-state index is 5.65. The molecule has 0 saturated heterocycles. The van der Waals surface area contributed by atoms with E-state index in [2.05, 4.69) is 37.4 Å². The van der Waals surface area contributed by atoms with E-state index >= 15 is 0 Å². The van der Waals surface area contributed by atoms with E-state index in [0.29, 0.717) is 12.0 Å². The van der Waals surface area contributed by atoms with Crippen LogP contribution in [0.2, 0.25) is 0 Å². The van der Waals surface area contributed by atoms with E-state index in [1.54, 1.807) is 0 Å². The van der Waals surface area contributed by atoms with Crippen LogP contribution in [0.15, 0.2) is 18.2 Å². The zero-order chi connectivity index (χ0) is 11.5. The van der Waals surface area contributed by atoms with Gasteiger partial charge in [-0.3, -0.25) is 0 Å². The smallest absolute Gasteiger partial charge is 0.0345 e. The van der Waals surface area contributed by atoms with Gasteiger partial charge >= 0.3 is 0 Å². The van der Waals surface area contributed by atoms with Gasteiger partial charge in [0.05, 0.1) is 0 Å². The van der Waals surface area contributed by atoms with Crippen LogP contribution in [0.3, 0.4) is 0 Å². The molecular weight excluding hydrogens is 196 g/mol. The van der Waals surface area contributed by atoms with Crippen molar-refractivity contribution in [2.75, 3.05) is 11.9 Å². The third-order valence-electron chi connectivity index (χ3n) is 3.32. The molecular formula is C14H22N2. The predicted octanol–water partition coefficient (Wildman–Crippen LogP) is 2.89. The molecule has 88 valence electrons. The number of hydrogen-bond donors (Lipinski definition) is 2. The summed E-state index contributed by atoms with van der Waals surface area (Å²) in [7, 11) is 0. The van der Waals surface area contributed by atoms with Crippen molar-refractivity contribution < 1.29 is 0 Å². The topological polar surface area (TPSA) is 38.0 Å². The minimum atomic E-state index is 0.499. The van der Waals surface area contributed by atoms with Gasteiger partial charge in [-0.1, -0.05) is 6.07 Å². The number of hydrogen-bond acceptors (Lipinski definition) is 2. The molecule has 3 N–H and O–H groups in total. The second-order valence-electron chi connectivity index (χ2n) is 5.03. The third-order valence-corrected chi connectivity index (χ3v) is 3.32. The highest BCUT2D eigenvalue weighted by molar-refractivity contribution is 5.51. The van der Waals surface area contributed by atoms with Gasteiger partial charge in [0.15, 0.2) is 0 Å². The normalized spacial score (nSPS) is 18.9. The lowest BCUT2D eigenvalue weighted by Crippen LogP contribution is -2.10. The minimum absolute atomic E-state index is 0.499. The highest BCUT2D eigenvalue weighted by Crippen LogP contribution is 2.36. The van der Waals surface area contributed by atoms with Crippen molar-refractivity contribution in [3.63, 3.8) is 0 Å². The van der Waals surface area contributed by atoms with E-state index in [9.17, 15) is 0 Å². The number of anilines is 1. The van der Waals surface area contributed by atoms with E-state index in [-0.39, 0.29) is 0 Å². The second-order valence-corrected chi connectivity index (χ2v) is 5.03. The highest BCUT2D eigenvalue weighted by atomic mass is 14.9. The highest BCUT2D eigenvalue weighted by Gasteiger charge is 2.21. The van der Waals surface area contributed by atoms with E-state index < -0.39 is 0 Å². The van der Waals surface area contributed by atoms with Crippen molar-refractivity contribution in [3.8, 4) is 0 Å². The third kappa shape index (κ3) is 2.38. The average molecular weight is 218 g/mol. The Labute approximate surface area is 98.2 Å². The summed E-state index contributed by atoms with van der Waals surface area (Å²) in [6.07, 6.45) is 3.62. The molecule has 1 unspecified atom stereocenters. The molecule has 1 aliphatic carbocycles. The molecule has 2 heteroatoms. The molecule has 2 rings (SSSR count). The summed E-state index contributed by atoms with van der Waals surface area (Å²) in [5.74, 6) is 0.702. The fourth-order valence-electron chi connectivity index (χ4n) is 2.63. The van der Waals surface area contributed by atoms with Gasteiger partial charge in [-0.15, -0.1) is 0 Å². The van der Waals surface area contributed by atoms with Gasteiger partial charge in [-0.05, 0) is 68.8 Å². The maximum Gasteiger partial charge on any atom is 0.0345 e. The van der Waals surface area contributed by atoms with Gasteiger partial charge in [-0.2, -0.15) is 0 Å². The van der Waals surface area contributed by atoms with Crippen molar-refractivity contribution in [2.24, 2.45) is 5.73 Å². The Morgan fingerprint density at radius 2 is 2.25 bits per heavy atom. The molecule has 0 fully saturated rings. The minimum Gasteiger partial charge on any atom is -0.383 e. The van der Waals surface area contributed by atoms with Crippen LogP contribution >= 0.6 is 0 Å². The van der Waals surface area contributed by atoms with Crippen LogP contribution in [-0.4, -0.2) is 12.6 Å². The van der Waals surface area contributed by atoms with Crippen LogP contribution in [-0.2, 0) is 6.42 Å². The maximum absolute atomic E-state index is 5.65. The lowest BCUT2D eigenvalue weighted by Gasteiger charge is -2.13. The monoisotopic (exact) mass is 218 g/mol. The standard InChI is InChI=1S/C14H22N2/c1-10(2)16-13-5-6-14-11(7-8-15)3-4-12(14)9-13/h5-6,9-11,16H,3-4,7-8,15H2,1-2H3. The van der Waals surface area contributed by atoms with Crippen LogP contribution in [0.25, 0.3) is 0 Å². The summed E-state index contributed by atoms with van der Waals surface area (Å²) in [6, 6.07) is 7.30. The summed E-state index contributed by atoms with van der Waals surface area (Å²) < 4.78 is 0. The molecule has 1 aliphatic rings. The summed E-state index contributed by atoms with van der Waals surface area (Å²) in [5.41, 5.74) is 9.95. The molecule has 1 aromatic rings. The Morgan fingerprint density at radius 1 is 1.44 bits per heavy atom. The van der Waals surface area contributed by atoms with Gasteiger partial charge < -0.3 is 11.1 Å². The first kappa shape index (κ1) is 11.5. The number of fused-ring (bicyclic) bond motifs is 1. The molecule has 0 saturated carbocycles. The van der Waals surface area contributed by atoms with Crippen LogP contribution in [0.5, 0.6) is 0 Å². The number of rotatable bonds is 4. The first-order valence-corrected chi connectivity index (χ1v) is 6.30. The van der Waals surface area contributed by atoms with Crippen LogP contribution < -0.4 is 11.1 Å². The molecule has 0 heterocycles. The molecule has 2 nitrogen and oxygen atoms in total. The fourth-order valence-corrected chi connectivity index (χ4v) is 2.63. The quantitative estimate of drug-likeness (QED) is 0.815. The van der Waals surface area contributed by atoms with Gasteiger partial charge in [-0.25, -0.2) is 0 Å². The van der Waals surface area contributed by atoms with Crippen LogP contribution in [0.4, 0.5) is 5.69 Å². The molecule has 16 heavy (non-hydrogen) atoms. The summed E-state index contributed by atoms with van der Waals surface area (Å²) >= 11 is 0. The molecule has 0 aliphatic heterocycles. The second kappa shape index (κ2) is 4.88. The SMILES string of the molecule is CC(C)Nc1ccc2c(c1)CCC2CCN. The van der Waals surface area contributed by atoms with E-state index in [4.69, 9.17) is 5.73 Å². The Balaban J connectivity index is 2.15. The molecule has 0 spiro atoms. The predicted molar refractivity (Wildman–Crippen MR) is 69.9 cm³/mol. The van der Waals surface area contributed by atoms with Crippen LogP contribution in [0, 0.1) is 0 Å². The average Bonchev–Trinajstić information content (AvgIpc) is 2.61. The van der Waals surface area contributed by atoms with Gasteiger partial charge in [0.2, 0.25) is 0 Å². The summed E-state index contributed by atoms with van der Waals surface area (Å²) in [6.45, 7) is 5.14. The molecule has 1 aromatic carbocycles. The van der Waals surface area contributed by atoms with Crippen molar-refractivity contribution in [2.45, 2.75) is 45.1 Å². The number of nitrogens with one attached hydrogen (secondary N) is 1. The van der Waals surface area contributed by atoms with Gasteiger partial charge in [0.25, 0.3) is 0 Å². The van der Waals surface area contributed by atoms with E-state index in [1.807, 2.05) is 0 Å². The lowest BCUT2D eigenvalue weighted by atomic mass is 9.98. The number of aryl methyl sites for hydroxylation is 1. The van der Waals surface area contributed by atoms with Crippen molar-refractivity contribution in [1.29, 1.82) is 0 Å². The first-order chi connectivity index (χ1) is 7.70. The summed E-state index contributed by atoms with van der Waals surface area (Å²) in [4.78, 5) is 0. The Morgan fingerprint density at radius 3 is 2.94 bits per heavy atom. The zero-order valence-corrected chi connectivity index (χ0v) is 10.3. The molecule has 0 aromatic heterocycles. The number of nitrogens with two attached hydrogens (primary N) is 1.